The third-order valence-electron chi connectivity index (χ3n) is 4.50. The summed E-state index contributed by atoms with van der Waals surface area (Å²) in [7, 11) is 2.10. The number of nitrogens with one attached hydrogen (secondary N) is 1. The normalized spacial score (nSPS) is 26.9. The van der Waals surface area contributed by atoms with E-state index in [1.807, 2.05) is 4.90 Å². The van der Waals surface area contributed by atoms with Crippen molar-refractivity contribution in [2.75, 3.05) is 33.2 Å². The first kappa shape index (κ1) is 15.1. The Morgan fingerprint density at radius 1 is 1.30 bits per heavy atom. The number of carbonyl (C=O) groups is 2. The Labute approximate surface area is 120 Å². The third-order valence-corrected chi connectivity index (χ3v) is 4.50. The van der Waals surface area contributed by atoms with E-state index in [4.69, 9.17) is 5.11 Å². The number of carboxylic acid groups (broad SMARTS) is 1. The molecule has 0 spiro atoms. The summed E-state index contributed by atoms with van der Waals surface area (Å²) in [6.45, 7) is 3.27. The third kappa shape index (κ3) is 4.10. The molecule has 114 valence electrons. The van der Waals surface area contributed by atoms with E-state index >= 15 is 0 Å². The molecule has 2 saturated heterocycles. The van der Waals surface area contributed by atoms with Crippen molar-refractivity contribution in [3.63, 3.8) is 0 Å². The number of urea groups is 1. The van der Waals surface area contributed by atoms with Gasteiger partial charge in [-0.3, -0.25) is 4.79 Å². The van der Waals surface area contributed by atoms with E-state index in [0.29, 0.717) is 31.5 Å². The second-order valence-corrected chi connectivity index (χ2v) is 6.00. The van der Waals surface area contributed by atoms with E-state index in [2.05, 4.69) is 17.3 Å². The Bertz CT molecular complexity index is 362. The van der Waals surface area contributed by atoms with Gasteiger partial charge in [-0.15, -0.1) is 0 Å². The van der Waals surface area contributed by atoms with Crippen LogP contribution in [0.2, 0.25) is 0 Å². The maximum Gasteiger partial charge on any atom is 0.317 e. The van der Waals surface area contributed by atoms with Gasteiger partial charge < -0.3 is 20.2 Å². The Kier molecular flexibility index (Phi) is 5.23. The molecule has 2 heterocycles. The number of amides is 2. The predicted octanol–water partition coefficient (Wildman–Crippen LogP) is 0.977. The molecule has 0 saturated carbocycles. The molecule has 2 amide bonds. The largest absolute Gasteiger partial charge is 0.481 e. The molecule has 2 atom stereocenters. The summed E-state index contributed by atoms with van der Waals surface area (Å²) in [6, 6.07) is 0.465. The van der Waals surface area contributed by atoms with Crippen molar-refractivity contribution in [1.82, 2.24) is 15.1 Å². The number of likely N-dealkylation sites (N-methyl/N-ethyl adjacent to an activating group) is 1. The first-order valence-electron chi connectivity index (χ1n) is 7.51. The van der Waals surface area contributed by atoms with Gasteiger partial charge in [-0.1, -0.05) is 0 Å². The summed E-state index contributed by atoms with van der Waals surface area (Å²) >= 11 is 0. The lowest BCUT2D eigenvalue weighted by Crippen LogP contribution is -2.44. The van der Waals surface area contributed by atoms with Gasteiger partial charge in [-0.2, -0.15) is 0 Å². The highest BCUT2D eigenvalue weighted by Gasteiger charge is 2.27. The summed E-state index contributed by atoms with van der Waals surface area (Å²) in [5.74, 6) is -0.414. The van der Waals surface area contributed by atoms with Crippen LogP contribution in [0.15, 0.2) is 0 Å². The molecule has 2 rings (SSSR count). The molecule has 0 aromatic heterocycles. The van der Waals surface area contributed by atoms with E-state index < -0.39 is 5.97 Å². The molecule has 2 unspecified atom stereocenters. The van der Waals surface area contributed by atoms with E-state index in [9.17, 15) is 9.59 Å². The molecule has 2 fully saturated rings. The molecule has 0 aromatic carbocycles. The summed E-state index contributed by atoms with van der Waals surface area (Å²) < 4.78 is 0. The Morgan fingerprint density at radius 3 is 2.75 bits per heavy atom. The van der Waals surface area contributed by atoms with Crippen molar-refractivity contribution >= 4 is 12.0 Å². The molecule has 0 aromatic rings. The van der Waals surface area contributed by atoms with Crippen molar-refractivity contribution in [2.24, 2.45) is 5.92 Å². The molecule has 6 heteroatoms. The lowest BCUT2D eigenvalue weighted by atomic mass is 10.0. The van der Waals surface area contributed by atoms with Gasteiger partial charge in [0.05, 0.1) is 0 Å². The predicted molar refractivity (Wildman–Crippen MR) is 75.6 cm³/mol. The molecule has 2 aliphatic rings. The van der Waals surface area contributed by atoms with E-state index in [1.165, 1.54) is 6.42 Å². The van der Waals surface area contributed by atoms with E-state index in [1.54, 1.807) is 0 Å². The van der Waals surface area contributed by atoms with Gasteiger partial charge in [0.25, 0.3) is 0 Å². The smallest absolute Gasteiger partial charge is 0.317 e. The van der Waals surface area contributed by atoms with Gasteiger partial charge >= 0.3 is 12.0 Å². The van der Waals surface area contributed by atoms with Crippen LogP contribution >= 0.6 is 0 Å². The van der Waals surface area contributed by atoms with Crippen molar-refractivity contribution in [3.8, 4) is 0 Å². The molecular weight excluding hydrogens is 258 g/mol. The number of hydrogen-bond donors (Lipinski definition) is 2. The van der Waals surface area contributed by atoms with Gasteiger partial charge in [0.1, 0.15) is 0 Å². The van der Waals surface area contributed by atoms with Gasteiger partial charge in [0.15, 0.2) is 0 Å². The van der Waals surface area contributed by atoms with Crippen LogP contribution in [0.5, 0.6) is 0 Å². The average molecular weight is 283 g/mol. The number of nitrogens with zero attached hydrogens (tertiary/aromatic N) is 2. The highest BCUT2D eigenvalue weighted by Crippen LogP contribution is 2.21. The lowest BCUT2D eigenvalue weighted by Gasteiger charge is -2.22. The number of carbonyl (C=O) groups excluding carboxylic acids is 1. The zero-order valence-corrected chi connectivity index (χ0v) is 12.2. The van der Waals surface area contributed by atoms with E-state index in [0.717, 1.165) is 25.9 Å². The highest BCUT2D eigenvalue weighted by atomic mass is 16.4. The van der Waals surface area contributed by atoms with Crippen LogP contribution in [0, 0.1) is 5.92 Å². The first-order valence-corrected chi connectivity index (χ1v) is 7.51. The summed E-state index contributed by atoms with van der Waals surface area (Å²) in [5, 5.41) is 11.7. The van der Waals surface area contributed by atoms with E-state index in [-0.39, 0.29) is 12.5 Å². The summed E-state index contributed by atoms with van der Waals surface area (Å²) in [6.07, 6.45) is 4.15. The van der Waals surface area contributed by atoms with Crippen molar-refractivity contribution in [1.29, 1.82) is 0 Å². The fourth-order valence-corrected chi connectivity index (χ4v) is 3.13. The molecule has 6 nitrogen and oxygen atoms in total. The van der Waals surface area contributed by atoms with Crippen LogP contribution in [0.1, 0.15) is 32.1 Å². The minimum Gasteiger partial charge on any atom is -0.481 e. The molecule has 2 N–H and O–H groups in total. The number of hydrogen-bond acceptors (Lipinski definition) is 3. The van der Waals surface area contributed by atoms with Gasteiger partial charge in [0.2, 0.25) is 0 Å². The Balaban J connectivity index is 1.67. The molecular formula is C14H25N3O3. The zero-order valence-electron chi connectivity index (χ0n) is 12.2. The minimum absolute atomic E-state index is 0.00289. The Hall–Kier alpha value is -1.30. The molecule has 0 radical (unpaired) electrons. The van der Waals surface area contributed by atoms with Crippen LogP contribution < -0.4 is 5.32 Å². The van der Waals surface area contributed by atoms with Crippen LogP contribution in [-0.4, -0.2) is 66.2 Å². The molecule has 0 aliphatic carbocycles. The number of aliphatic carboxylic acids is 1. The topological polar surface area (TPSA) is 72.9 Å². The SMILES string of the molecule is CN1CCCC1CNC(=O)N1CCC(CCC(=O)O)C1. The molecule has 0 bridgehead atoms. The standard InChI is InChI=1S/C14H25N3O3/c1-16-7-2-3-12(16)9-15-14(20)17-8-6-11(10-17)4-5-13(18)19/h11-12H,2-10H2,1H3,(H,15,20)(H,18,19). The minimum atomic E-state index is -0.753. The van der Waals surface area contributed by atoms with Crippen molar-refractivity contribution in [2.45, 2.75) is 38.1 Å². The number of rotatable bonds is 5. The van der Waals surface area contributed by atoms with Crippen LogP contribution in [0.3, 0.4) is 0 Å². The fraction of sp³-hybridized carbons (Fsp3) is 0.857. The fourth-order valence-electron chi connectivity index (χ4n) is 3.13. The summed E-state index contributed by atoms with van der Waals surface area (Å²) in [5.41, 5.74) is 0. The van der Waals surface area contributed by atoms with Gasteiger partial charge in [-0.05, 0) is 45.2 Å². The number of likely N-dealkylation sites (tertiary alicyclic amines) is 2. The maximum atomic E-state index is 12.1. The van der Waals surface area contributed by atoms with Crippen LogP contribution in [0.25, 0.3) is 0 Å². The molecule has 20 heavy (non-hydrogen) atoms. The average Bonchev–Trinajstić information content (AvgIpc) is 3.02. The van der Waals surface area contributed by atoms with Crippen molar-refractivity contribution in [3.05, 3.63) is 0 Å². The first-order chi connectivity index (χ1) is 9.56. The van der Waals surface area contributed by atoms with Crippen LogP contribution in [0.4, 0.5) is 4.79 Å². The van der Waals surface area contributed by atoms with Crippen molar-refractivity contribution < 1.29 is 14.7 Å². The monoisotopic (exact) mass is 283 g/mol. The lowest BCUT2D eigenvalue weighted by molar-refractivity contribution is -0.137. The zero-order chi connectivity index (χ0) is 14.5. The van der Waals surface area contributed by atoms with Gasteiger partial charge in [0, 0.05) is 32.1 Å². The molecule has 2 aliphatic heterocycles. The maximum absolute atomic E-state index is 12.1. The second-order valence-electron chi connectivity index (χ2n) is 6.00. The second kappa shape index (κ2) is 6.92. The Morgan fingerprint density at radius 2 is 2.10 bits per heavy atom. The summed E-state index contributed by atoms with van der Waals surface area (Å²) in [4.78, 5) is 26.7. The van der Waals surface area contributed by atoms with Gasteiger partial charge in [-0.25, -0.2) is 4.79 Å². The number of carboxylic acids is 1. The highest BCUT2D eigenvalue weighted by molar-refractivity contribution is 5.74. The quantitative estimate of drug-likeness (QED) is 0.789. The van der Waals surface area contributed by atoms with Crippen LogP contribution in [-0.2, 0) is 4.79 Å².